The first kappa shape index (κ1) is 62.0. The molecule has 13 rings (SSSR count). The minimum atomic E-state index is -0.388. The van der Waals surface area contributed by atoms with Crippen LogP contribution in [0.25, 0.3) is 0 Å². The molecule has 9 atom stereocenters. The van der Waals surface area contributed by atoms with Crippen LogP contribution in [0.15, 0.2) is 126 Å². The lowest BCUT2D eigenvalue weighted by molar-refractivity contribution is 0.135. The molecule has 7 fully saturated rings. The summed E-state index contributed by atoms with van der Waals surface area (Å²) < 4.78 is 73.4. The van der Waals surface area contributed by atoms with Crippen molar-refractivity contribution in [2.75, 3.05) is 79.3 Å². The molecule has 0 bridgehead atoms. The molecule has 9 unspecified atom stereocenters. The maximum absolute atomic E-state index is 7.04. The van der Waals surface area contributed by atoms with Crippen LogP contribution in [-0.4, -0.2) is 116 Å². The predicted octanol–water partition coefficient (Wildman–Crippen LogP) is 14.6. The van der Waals surface area contributed by atoms with Gasteiger partial charge in [0.15, 0.2) is 0 Å². The van der Waals surface area contributed by atoms with Crippen molar-refractivity contribution in [2.45, 2.75) is 185 Å². The second-order valence-electron chi connectivity index (χ2n) is 28.8. The van der Waals surface area contributed by atoms with Gasteiger partial charge in [0.1, 0.15) is 111 Å². The van der Waals surface area contributed by atoms with Crippen LogP contribution in [0.4, 0.5) is 0 Å². The van der Waals surface area contributed by atoms with Gasteiger partial charge in [0.25, 0.3) is 0 Å². The van der Waals surface area contributed by atoms with Gasteiger partial charge in [-0.3, -0.25) is 0 Å². The summed E-state index contributed by atoms with van der Waals surface area (Å²) in [5.74, 6) is 5.52. The highest BCUT2D eigenvalue weighted by Gasteiger charge is 2.73. The third kappa shape index (κ3) is 13.6. The number of fused-ring (bicyclic) bond motifs is 1. The highest BCUT2D eigenvalue weighted by molar-refractivity contribution is 5.64. The van der Waals surface area contributed by atoms with Crippen molar-refractivity contribution in [3.63, 3.8) is 0 Å². The minimum absolute atomic E-state index is 0.104. The van der Waals surface area contributed by atoms with Crippen molar-refractivity contribution < 1.29 is 56.8 Å². The van der Waals surface area contributed by atoms with E-state index in [0.29, 0.717) is 39.6 Å². The third-order valence-electron chi connectivity index (χ3n) is 21.1. The molecule has 89 heavy (non-hydrogen) atoms. The van der Waals surface area contributed by atoms with E-state index < -0.39 is 0 Å². The largest absolute Gasteiger partial charge is 0.494 e. The second kappa shape index (κ2) is 25.0. The lowest BCUT2D eigenvalue weighted by Crippen LogP contribution is -2.29. The Morgan fingerprint density at radius 1 is 0.449 bits per heavy atom. The van der Waals surface area contributed by atoms with Crippen LogP contribution in [0, 0.1) is 10.8 Å². The molecule has 0 spiro atoms. The Labute approximate surface area is 529 Å². The number of hydrogen-bond acceptors (Lipinski definition) is 12. The predicted molar refractivity (Wildman–Crippen MR) is 345 cm³/mol. The van der Waals surface area contributed by atoms with E-state index in [0.717, 1.165) is 132 Å². The van der Waals surface area contributed by atoms with Gasteiger partial charge in [-0.15, -0.1) is 0 Å². The average molecular weight is 1210 g/mol. The Kier molecular flexibility index (Phi) is 17.4. The van der Waals surface area contributed by atoms with Crippen molar-refractivity contribution in [1.29, 1.82) is 0 Å². The first-order chi connectivity index (χ1) is 42.9. The van der Waals surface area contributed by atoms with Crippen molar-refractivity contribution in [3.05, 3.63) is 171 Å². The van der Waals surface area contributed by atoms with Gasteiger partial charge in [0, 0.05) is 32.6 Å². The van der Waals surface area contributed by atoms with Crippen LogP contribution >= 0.6 is 0 Å². The summed E-state index contributed by atoms with van der Waals surface area (Å²) in [7, 11) is 0. The zero-order valence-electron chi connectivity index (χ0n) is 54.6. The number of epoxide rings is 6. The Morgan fingerprint density at radius 3 is 1.45 bits per heavy atom. The lowest BCUT2D eigenvalue weighted by atomic mass is 9.69. The monoisotopic (exact) mass is 1210 g/mol. The summed E-state index contributed by atoms with van der Waals surface area (Å²) in [6, 6.07) is 38.2. The number of unbranched alkanes of at least 4 members (excludes halogenated alkanes) is 2. The molecule has 12 heteroatoms. The molecule has 0 N–H and O–H groups in total. The SMILES string of the molecule is CCCCC(C)(Cc1cc(C(C)(C)C2=C3C(CCCC)(Cc4cc(OCC5CO5)ccc4C(C)(C)c4ccc(OCC5CO5)cc4)C3(C)C(OCC3CO3)=CC2)ccc1OCC1CO1)c1cc(C(C)(C)c2ccc(OCC3CO3)cc2)ccc1OCC1CO1. The molecule has 6 aliphatic heterocycles. The van der Waals surface area contributed by atoms with E-state index in [2.05, 4.69) is 178 Å². The van der Waals surface area contributed by atoms with Gasteiger partial charge in [-0.2, -0.15) is 0 Å². The Hall–Kier alpha value is -5.86. The fourth-order valence-electron chi connectivity index (χ4n) is 14.4. The zero-order valence-corrected chi connectivity index (χ0v) is 54.6. The maximum Gasteiger partial charge on any atom is 0.123 e. The molecular weight excluding hydrogens is 1120 g/mol. The first-order valence-electron chi connectivity index (χ1n) is 33.4. The van der Waals surface area contributed by atoms with E-state index in [4.69, 9.17) is 56.8 Å². The fourth-order valence-corrected chi connectivity index (χ4v) is 14.4. The number of allylic oxidation sites excluding steroid dienone is 3. The molecule has 12 nitrogen and oxygen atoms in total. The molecule has 476 valence electrons. The van der Waals surface area contributed by atoms with Crippen LogP contribution in [0.3, 0.4) is 0 Å². The van der Waals surface area contributed by atoms with Crippen molar-refractivity contribution in [1.82, 2.24) is 0 Å². The second-order valence-corrected chi connectivity index (χ2v) is 28.8. The summed E-state index contributed by atoms with van der Waals surface area (Å²) in [6.07, 6.45) is 11.9. The molecule has 1 saturated carbocycles. The van der Waals surface area contributed by atoms with E-state index >= 15 is 0 Å². The van der Waals surface area contributed by atoms with E-state index in [1.54, 1.807) is 0 Å². The molecule has 8 aliphatic rings. The highest BCUT2D eigenvalue weighted by atomic mass is 16.6. The molecule has 0 aromatic heterocycles. The molecule has 5 aromatic carbocycles. The molecule has 5 aromatic rings. The van der Waals surface area contributed by atoms with Crippen LogP contribution in [0.1, 0.15) is 159 Å². The summed E-state index contributed by atoms with van der Waals surface area (Å²) in [5.41, 5.74) is 10.9. The number of benzene rings is 5. The average Bonchev–Trinajstić information content (AvgIpc) is 1.48. The Morgan fingerprint density at radius 2 is 0.910 bits per heavy atom. The quantitative estimate of drug-likeness (QED) is 0.0283. The van der Waals surface area contributed by atoms with Crippen molar-refractivity contribution >= 4 is 0 Å². The van der Waals surface area contributed by atoms with Crippen molar-refractivity contribution in [3.8, 4) is 28.7 Å². The molecule has 0 radical (unpaired) electrons. The summed E-state index contributed by atoms with van der Waals surface area (Å²) in [4.78, 5) is 0. The van der Waals surface area contributed by atoms with E-state index in [-0.39, 0.29) is 69.1 Å². The fraction of sp³-hybridized carbons (Fsp3) is 0.558. The summed E-state index contributed by atoms with van der Waals surface area (Å²) in [6.45, 7) is 31.7. The molecule has 6 saturated heterocycles. The van der Waals surface area contributed by atoms with E-state index in [1.165, 1.54) is 55.7 Å². The summed E-state index contributed by atoms with van der Waals surface area (Å²) >= 11 is 0. The van der Waals surface area contributed by atoms with Crippen molar-refractivity contribution in [2.24, 2.45) is 10.8 Å². The maximum atomic E-state index is 7.04. The first-order valence-corrected chi connectivity index (χ1v) is 33.4. The van der Waals surface area contributed by atoms with Gasteiger partial charge in [-0.1, -0.05) is 148 Å². The van der Waals surface area contributed by atoms with Gasteiger partial charge < -0.3 is 56.8 Å². The van der Waals surface area contributed by atoms with Crippen LogP contribution in [-0.2, 0) is 67.7 Å². The van der Waals surface area contributed by atoms with Crippen LogP contribution in [0.2, 0.25) is 0 Å². The minimum Gasteiger partial charge on any atom is -0.494 e. The van der Waals surface area contributed by atoms with E-state index in [1.807, 2.05) is 0 Å². The van der Waals surface area contributed by atoms with Gasteiger partial charge >= 0.3 is 0 Å². The molecule has 6 heterocycles. The number of hydrogen-bond donors (Lipinski definition) is 0. The van der Waals surface area contributed by atoms with E-state index in [9.17, 15) is 0 Å². The van der Waals surface area contributed by atoms with Crippen LogP contribution < -0.4 is 23.7 Å². The van der Waals surface area contributed by atoms with Gasteiger partial charge in [-0.25, -0.2) is 0 Å². The lowest BCUT2D eigenvalue weighted by Gasteiger charge is -2.36. The van der Waals surface area contributed by atoms with Gasteiger partial charge in [0.2, 0.25) is 0 Å². The number of ether oxygens (including phenoxy) is 12. The summed E-state index contributed by atoms with van der Waals surface area (Å²) in [5, 5.41) is 0. The van der Waals surface area contributed by atoms with Gasteiger partial charge in [0.05, 0.1) is 45.1 Å². The molecule has 0 amide bonds. The third-order valence-corrected chi connectivity index (χ3v) is 21.1. The molecule has 2 aliphatic carbocycles. The smallest absolute Gasteiger partial charge is 0.123 e. The number of rotatable bonds is 35. The normalized spacial score (nSPS) is 26.1. The topological polar surface area (TPSA) is 131 Å². The van der Waals surface area contributed by atoms with Crippen LogP contribution in [0.5, 0.6) is 28.7 Å². The van der Waals surface area contributed by atoms with Gasteiger partial charge in [-0.05, 0) is 138 Å². The Bertz CT molecular complexity index is 3370. The zero-order chi connectivity index (χ0) is 61.8. The molecular formula is C77H96O12. The standard InChI is InChI=1S/C77H96O12/c1-11-13-31-75(9,67-35-55(20-29-69(67)88-48-63-45-85-63)72(3,4)52-15-21-56(22-16-52)78-38-59-41-81-59)36-51-33-54(19-28-68(51)87-47-62-44-84-62)74(7,8)66-27-30-70(89-49-64-46-86-64)76(10)71(66)77(76,32-14-12-2)37-50-34-58(80-40-61-43-83-61)25-26-65(50)73(5,6)53-17-23-57(24-18-53)79-39-60-42-82-60/h15-26,28-30,33-35,59-64H,11-14,27,31-32,36-49H2,1-10H3. The highest BCUT2D eigenvalue weighted by Crippen LogP contribution is 2.79. The Balaban J connectivity index is 0.885.